The highest BCUT2D eigenvalue weighted by Crippen LogP contribution is 2.56. The molecule has 2 unspecified atom stereocenters. The fraction of sp³-hybridized carbons (Fsp3) is 0.290. The van der Waals surface area contributed by atoms with Gasteiger partial charge in [0, 0.05) is 34.2 Å². The van der Waals surface area contributed by atoms with Gasteiger partial charge in [0.15, 0.2) is 0 Å². The molecule has 0 saturated heterocycles. The van der Waals surface area contributed by atoms with Crippen LogP contribution in [0.2, 0.25) is 0 Å². The molecule has 4 heterocycles. The van der Waals surface area contributed by atoms with Crippen LogP contribution in [0.3, 0.4) is 0 Å². The van der Waals surface area contributed by atoms with E-state index in [0.29, 0.717) is 17.8 Å². The second-order valence-corrected chi connectivity index (χ2v) is 23.2. The lowest BCUT2D eigenvalue weighted by Gasteiger charge is -2.51. The Kier molecular flexibility index (Phi) is 8.81. The summed E-state index contributed by atoms with van der Waals surface area (Å²) >= 11 is 0. The first-order chi connectivity index (χ1) is 32.6. The lowest BCUT2D eigenvalue weighted by molar-refractivity contribution is 0.0337. The van der Waals surface area contributed by atoms with Crippen molar-refractivity contribution >= 4 is 50.5 Å². The van der Waals surface area contributed by atoms with E-state index in [0.717, 1.165) is 67.1 Å². The van der Waals surface area contributed by atoms with Crippen LogP contribution in [-0.4, -0.2) is 21.2 Å². The predicted molar refractivity (Wildman–Crippen MR) is 281 cm³/mol. The SMILES string of the molecule is CC1(C)CCC(C)(C)c2cc(-c3ccc4c(c3)Oc3cc(-c5cnc(-n6c7ccccc7c7ccccc76)nc5)cc5c3B4c3ccc(C4=CC6C(C=C4)C(C)(C)CCC6(C)C)cc3O5)ccc21. The standard InChI is InChI=1S/C62H58BN3O2/c1-59(2)25-27-61(5,6)47-29-37(17-21-45(47)59)39-19-23-49-53(31-39)67-55-33-41(42-35-64-58(65-36-42)66-51-15-11-9-13-43(51)44-14-10-12-16-52(44)66)34-56-57(55)63(49)50-24-20-40(32-54(50)68-56)38-18-22-46-48(30-38)62(7,8)28-26-60(46,3)4/h9-24,29-36,45,47H,25-28H2,1-8H3. The monoisotopic (exact) mass is 887 g/mol. The summed E-state index contributed by atoms with van der Waals surface area (Å²) in [5.74, 6) is 4.99. The number of ether oxygens (including phenoxy) is 2. The van der Waals surface area contributed by atoms with E-state index >= 15 is 0 Å². The van der Waals surface area contributed by atoms with Gasteiger partial charge in [0.1, 0.15) is 23.0 Å². The summed E-state index contributed by atoms with van der Waals surface area (Å²) in [6.45, 7) is 19.3. The van der Waals surface area contributed by atoms with Crippen molar-refractivity contribution in [1.29, 1.82) is 0 Å². The second kappa shape index (κ2) is 14.4. The molecule has 2 aliphatic heterocycles. The first kappa shape index (κ1) is 41.5. The van der Waals surface area contributed by atoms with Crippen LogP contribution >= 0.6 is 0 Å². The number of aromatic nitrogens is 3. The average Bonchev–Trinajstić information content (AvgIpc) is 3.68. The molecule has 0 spiro atoms. The molecule has 13 rings (SSSR count). The van der Waals surface area contributed by atoms with Gasteiger partial charge < -0.3 is 9.47 Å². The van der Waals surface area contributed by atoms with E-state index in [9.17, 15) is 0 Å². The van der Waals surface area contributed by atoms with Crippen molar-refractivity contribution < 1.29 is 9.47 Å². The molecule has 6 heteroatoms. The third kappa shape index (κ3) is 6.28. The highest BCUT2D eigenvalue weighted by Gasteiger charge is 2.47. The van der Waals surface area contributed by atoms with Crippen molar-refractivity contribution in [2.24, 2.45) is 22.7 Å². The minimum Gasteiger partial charge on any atom is -0.458 e. The molecule has 0 radical (unpaired) electrons. The van der Waals surface area contributed by atoms with Crippen LogP contribution in [0.15, 0.2) is 146 Å². The van der Waals surface area contributed by atoms with Crippen LogP contribution in [0.4, 0.5) is 0 Å². The number of fused-ring (bicyclic) bond motifs is 9. The molecule has 5 nitrogen and oxygen atoms in total. The number of rotatable bonds is 4. The van der Waals surface area contributed by atoms with E-state index < -0.39 is 0 Å². The molecular formula is C62H58BN3O2. The van der Waals surface area contributed by atoms with E-state index in [-0.39, 0.29) is 28.4 Å². The zero-order valence-corrected chi connectivity index (χ0v) is 40.6. The highest BCUT2D eigenvalue weighted by molar-refractivity contribution is 6.98. The highest BCUT2D eigenvalue weighted by atomic mass is 16.5. The molecule has 3 aliphatic carbocycles. The van der Waals surface area contributed by atoms with Gasteiger partial charge in [-0.1, -0.05) is 152 Å². The number of hydrogen-bond acceptors (Lipinski definition) is 4. The average molecular weight is 888 g/mol. The summed E-state index contributed by atoms with van der Waals surface area (Å²) in [7, 11) is 0. The van der Waals surface area contributed by atoms with Gasteiger partial charge in [-0.05, 0) is 145 Å². The van der Waals surface area contributed by atoms with Crippen molar-refractivity contribution in [3.05, 3.63) is 163 Å². The van der Waals surface area contributed by atoms with Crippen molar-refractivity contribution in [2.75, 3.05) is 0 Å². The Hall–Kier alpha value is -6.66. The normalized spacial score (nSPS) is 20.8. The van der Waals surface area contributed by atoms with Crippen LogP contribution in [0.5, 0.6) is 23.0 Å². The Morgan fingerprint density at radius 1 is 0.515 bits per heavy atom. The lowest BCUT2D eigenvalue weighted by Crippen LogP contribution is -2.57. The molecule has 1 fully saturated rings. The predicted octanol–water partition coefficient (Wildman–Crippen LogP) is 14.0. The quantitative estimate of drug-likeness (QED) is 0.165. The second-order valence-electron chi connectivity index (χ2n) is 23.2. The summed E-state index contributed by atoms with van der Waals surface area (Å²) in [5, 5.41) is 2.36. The largest absolute Gasteiger partial charge is 0.458 e. The first-order valence-corrected chi connectivity index (χ1v) is 24.8. The zero-order chi connectivity index (χ0) is 46.5. The van der Waals surface area contributed by atoms with E-state index in [1.54, 1.807) is 0 Å². The maximum atomic E-state index is 7.10. The summed E-state index contributed by atoms with van der Waals surface area (Å²) in [6.07, 6.45) is 16.2. The van der Waals surface area contributed by atoms with Gasteiger partial charge in [0.2, 0.25) is 5.95 Å². The molecule has 6 aromatic carbocycles. The number of hydrogen-bond donors (Lipinski definition) is 0. The van der Waals surface area contributed by atoms with Gasteiger partial charge in [0.25, 0.3) is 6.71 Å². The van der Waals surface area contributed by atoms with Crippen LogP contribution < -0.4 is 25.9 Å². The van der Waals surface area contributed by atoms with Gasteiger partial charge in [-0.3, -0.25) is 4.57 Å². The Morgan fingerprint density at radius 3 is 1.69 bits per heavy atom. The van der Waals surface area contributed by atoms with Crippen LogP contribution in [0.25, 0.3) is 55.6 Å². The number of nitrogens with zero attached hydrogens (tertiary/aromatic N) is 3. The molecular weight excluding hydrogens is 830 g/mol. The van der Waals surface area contributed by atoms with Crippen molar-refractivity contribution in [3.8, 4) is 51.2 Å². The maximum Gasteiger partial charge on any atom is 0.260 e. The summed E-state index contributed by atoms with van der Waals surface area (Å²) < 4.78 is 16.3. The van der Waals surface area contributed by atoms with Gasteiger partial charge in [0.05, 0.1) is 11.0 Å². The lowest BCUT2D eigenvalue weighted by atomic mass is 9.34. The zero-order valence-electron chi connectivity index (χ0n) is 40.6. The third-order valence-electron chi connectivity index (χ3n) is 17.2. The van der Waals surface area contributed by atoms with E-state index in [2.05, 4.69) is 193 Å². The topological polar surface area (TPSA) is 49.2 Å². The Balaban J connectivity index is 0.929. The van der Waals surface area contributed by atoms with Crippen molar-refractivity contribution in [2.45, 2.75) is 91.9 Å². The summed E-state index contributed by atoms with van der Waals surface area (Å²) in [5.41, 5.74) is 15.9. The molecule has 336 valence electrons. The Labute approximate surface area is 401 Å². The number of benzene rings is 6. The maximum absolute atomic E-state index is 7.10. The summed E-state index contributed by atoms with van der Waals surface area (Å²) in [6, 6.07) is 42.2. The minimum absolute atomic E-state index is 0.0693. The molecule has 5 aliphatic rings. The van der Waals surface area contributed by atoms with Crippen LogP contribution in [-0.2, 0) is 10.8 Å². The minimum atomic E-state index is -0.0693. The van der Waals surface area contributed by atoms with Crippen molar-refractivity contribution in [1.82, 2.24) is 14.5 Å². The molecule has 8 aromatic rings. The fourth-order valence-electron chi connectivity index (χ4n) is 12.8. The molecule has 1 saturated carbocycles. The number of para-hydroxylation sites is 2. The van der Waals surface area contributed by atoms with E-state index in [1.807, 2.05) is 12.4 Å². The van der Waals surface area contributed by atoms with Crippen LogP contribution in [0.1, 0.15) is 97.8 Å². The smallest absolute Gasteiger partial charge is 0.260 e. The molecule has 0 amide bonds. The van der Waals surface area contributed by atoms with Gasteiger partial charge in [-0.2, -0.15) is 0 Å². The summed E-state index contributed by atoms with van der Waals surface area (Å²) in [4.78, 5) is 10.1. The molecule has 2 atom stereocenters. The fourth-order valence-corrected chi connectivity index (χ4v) is 12.8. The van der Waals surface area contributed by atoms with Crippen molar-refractivity contribution in [3.63, 3.8) is 0 Å². The molecule has 68 heavy (non-hydrogen) atoms. The first-order valence-electron chi connectivity index (χ1n) is 24.8. The third-order valence-corrected chi connectivity index (χ3v) is 17.2. The van der Waals surface area contributed by atoms with Gasteiger partial charge in [-0.15, -0.1) is 0 Å². The molecule has 0 N–H and O–H groups in total. The Morgan fingerprint density at radius 2 is 1.04 bits per heavy atom. The molecule has 0 bridgehead atoms. The Bertz CT molecular complexity index is 3440. The van der Waals surface area contributed by atoms with Gasteiger partial charge in [-0.25, -0.2) is 9.97 Å². The number of allylic oxidation sites excluding steroid dienone is 4. The molecule has 2 aromatic heterocycles. The van der Waals surface area contributed by atoms with Gasteiger partial charge >= 0.3 is 0 Å². The van der Waals surface area contributed by atoms with Crippen LogP contribution in [0, 0.1) is 22.7 Å². The van der Waals surface area contributed by atoms with E-state index in [4.69, 9.17) is 19.4 Å². The van der Waals surface area contributed by atoms with E-state index in [1.165, 1.54) is 64.3 Å².